The Labute approximate surface area is 373 Å². The monoisotopic (exact) mass is 914 g/mol. The molecule has 0 aromatic rings. The van der Waals surface area contributed by atoms with Crippen molar-refractivity contribution in [3.63, 3.8) is 0 Å². The van der Waals surface area contributed by atoms with Gasteiger partial charge in [-0.1, -0.05) is 123 Å². The Morgan fingerprint density at radius 2 is 0.905 bits per heavy atom. The number of nitrogens with one attached hydrogen (secondary N) is 1. The third-order valence-corrected chi connectivity index (χ3v) is 12.4. The largest absolute Gasteiger partial charge is 0.394 e. The van der Waals surface area contributed by atoms with Crippen molar-refractivity contribution in [3.05, 3.63) is 0 Å². The second-order valence-electron chi connectivity index (χ2n) is 17.6. The normalized spacial score (nSPS) is 34.8. The van der Waals surface area contributed by atoms with Crippen LogP contribution >= 0.6 is 0 Å². The van der Waals surface area contributed by atoms with Crippen LogP contribution in [0.4, 0.5) is 0 Å². The minimum Gasteiger partial charge on any atom is -0.394 e. The van der Waals surface area contributed by atoms with Crippen molar-refractivity contribution in [1.82, 2.24) is 5.32 Å². The molecule has 372 valence electrons. The molecule has 0 aromatic carbocycles. The van der Waals surface area contributed by atoms with E-state index in [1.54, 1.807) is 0 Å². The van der Waals surface area contributed by atoms with Crippen LogP contribution < -0.4 is 5.32 Å². The quantitative estimate of drug-likeness (QED) is 0.0400. The van der Waals surface area contributed by atoms with Crippen molar-refractivity contribution < 1.29 is 89.4 Å². The second-order valence-corrected chi connectivity index (χ2v) is 17.6. The molecule has 17 unspecified atom stereocenters. The minimum atomic E-state index is -1.97. The molecule has 63 heavy (non-hydrogen) atoms. The standard InChI is InChI=1S/C44H83NO18/c1-3-5-7-9-11-13-14-15-17-19-21-28(49)27(45-32(50)22-20-18-16-12-10-8-6-4-2)26-58-42-38(56)35(53)40(30(24-47)60-42)63-44-39(57)36(54)41(31(25-48)61-44)62-43-37(55)34(52)33(51)29(23-46)59-43/h27-31,33-44,46-49,51-57H,3-26H2,1-2H3,(H,45,50). The molecule has 12 N–H and O–H groups in total. The summed E-state index contributed by atoms with van der Waals surface area (Å²) in [4.78, 5) is 13.1. The molecular weight excluding hydrogens is 830 g/mol. The van der Waals surface area contributed by atoms with E-state index < -0.39 is 124 Å². The van der Waals surface area contributed by atoms with Crippen LogP contribution in [-0.2, 0) is 33.2 Å². The molecule has 1 amide bonds. The first-order chi connectivity index (χ1) is 30.3. The van der Waals surface area contributed by atoms with E-state index in [-0.39, 0.29) is 18.9 Å². The van der Waals surface area contributed by atoms with Gasteiger partial charge in [-0.2, -0.15) is 0 Å². The summed E-state index contributed by atoms with van der Waals surface area (Å²) >= 11 is 0. The summed E-state index contributed by atoms with van der Waals surface area (Å²) in [6, 6.07) is -0.875. The Morgan fingerprint density at radius 3 is 1.38 bits per heavy atom. The molecule has 0 saturated carbocycles. The van der Waals surface area contributed by atoms with Crippen LogP contribution in [0.5, 0.6) is 0 Å². The lowest BCUT2D eigenvalue weighted by Gasteiger charge is -2.48. The molecule has 3 heterocycles. The lowest BCUT2D eigenvalue weighted by molar-refractivity contribution is -0.379. The van der Waals surface area contributed by atoms with Gasteiger partial charge in [-0.25, -0.2) is 0 Å². The highest BCUT2D eigenvalue weighted by Gasteiger charge is 2.53. The summed E-state index contributed by atoms with van der Waals surface area (Å²) in [7, 11) is 0. The van der Waals surface area contributed by atoms with Crippen molar-refractivity contribution in [2.75, 3.05) is 26.4 Å². The Hall–Kier alpha value is -1.21. The van der Waals surface area contributed by atoms with E-state index in [1.165, 1.54) is 64.2 Å². The maximum atomic E-state index is 13.1. The van der Waals surface area contributed by atoms with E-state index >= 15 is 0 Å². The second kappa shape index (κ2) is 31.0. The van der Waals surface area contributed by atoms with Crippen LogP contribution in [0.15, 0.2) is 0 Å². The van der Waals surface area contributed by atoms with Crippen LogP contribution in [0, 0.1) is 0 Å². The van der Waals surface area contributed by atoms with Gasteiger partial charge in [0, 0.05) is 6.42 Å². The topological polar surface area (TPSA) is 307 Å². The molecule has 3 saturated heterocycles. The number of ether oxygens (including phenoxy) is 6. The average molecular weight is 914 g/mol. The first-order valence-electron chi connectivity index (χ1n) is 23.8. The molecule has 0 aliphatic carbocycles. The van der Waals surface area contributed by atoms with Gasteiger partial charge in [0.05, 0.1) is 38.6 Å². The average Bonchev–Trinajstić information content (AvgIpc) is 3.28. The van der Waals surface area contributed by atoms with Crippen LogP contribution in [-0.4, -0.2) is 193 Å². The number of amides is 1. The third kappa shape index (κ3) is 18.1. The first kappa shape index (κ1) is 56.1. The van der Waals surface area contributed by atoms with E-state index in [0.29, 0.717) is 12.8 Å². The summed E-state index contributed by atoms with van der Waals surface area (Å²) < 4.78 is 34.0. The number of hydrogen-bond donors (Lipinski definition) is 12. The molecule has 19 heteroatoms. The van der Waals surface area contributed by atoms with Crippen molar-refractivity contribution in [3.8, 4) is 0 Å². The summed E-state index contributed by atoms with van der Waals surface area (Å²) in [5.41, 5.74) is 0. The number of carbonyl (C=O) groups excluding carboxylic acids is 1. The number of aliphatic hydroxyl groups excluding tert-OH is 11. The van der Waals surface area contributed by atoms with Gasteiger partial charge in [-0.3, -0.25) is 4.79 Å². The summed E-state index contributed by atoms with van der Waals surface area (Å²) in [5, 5.41) is 119. The zero-order chi connectivity index (χ0) is 46.3. The van der Waals surface area contributed by atoms with Gasteiger partial charge < -0.3 is 89.9 Å². The Balaban J connectivity index is 1.59. The molecule has 19 nitrogen and oxygen atoms in total. The van der Waals surface area contributed by atoms with Gasteiger partial charge in [-0.05, 0) is 12.8 Å². The zero-order valence-electron chi connectivity index (χ0n) is 37.6. The molecule has 17 atom stereocenters. The fourth-order valence-electron chi connectivity index (χ4n) is 8.37. The van der Waals surface area contributed by atoms with Gasteiger partial charge in [0.25, 0.3) is 0 Å². The Bertz CT molecular complexity index is 1190. The number of aliphatic hydroxyl groups is 11. The van der Waals surface area contributed by atoms with Gasteiger partial charge in [0.15, 0.2) is 18.9 Å². The van der Waals surface area contributed by atoms with E-state index in [0.717, 1.165) is 44.9 Å². The maximum Gasteiger partial charge on any atom is 0.220 e. The van der Waals surface area contributed by atoms with E-state index in [9.17, 15) is 61.0 Å². The first-order valence-corrected chi connectivity index (χ1v) is 23.8. The van der Waals surface area contributed by atoms with Crippen molar-refractivity contribution in [1.29, 1.82) is 0 Å². The molecule has 0 spiro atoms. The lowest BCUT2D eigenvalue weighted by atomic mass is 9.96. The van der Waals surface area contributed by atoms with Crippen LogP contribution in [0.3, 0.4) is 0 Å². The van der Waals surface area contributed by atoms with E-state index in [4.69, 9.17) is 28.4 Å². The summed E-state index contributed by atoms with van der Waals surface area (Å²) in [6.07, 6.45) is -6.03. The minimum absolute atomic E-state index is 0.251. The predicted octanol–water partition coefficient (Wildman–Crippen LogP) is 0.139. The fourth-order valence-corrected chi connectivity index (χ4v) is 8.37. The summed E-state index contributed by atoms with van der Waals surface area (Å²) in [5.74, 6) is -0.251. The van der Waals surface area contributed by atoms with Crippen LogP contribution in [0.25, 0.3) is 0 Å². The predicted molar refractivity (Wildman–Crippen MR) is 227 cm³/mol. The zero-order valence-corrected chi connectivity index (χ0v) is 37.6. The van der Waals surface area contributed by atoms with Gasteiger partial charge in [-0.15, -0.1) is 0 Å². The van der Waals surface area contributed by atoms with Gasteiger partial charge in [0.1, 0.15) is 73.2 Å². The number of carbonyl (C=O) groups is 1. The van der Waals surface area contributed by atoms with Crippen LogP contribution in [0.1, 0.15) is 142 Å². The molecule has 3 aliphatic rings. The lowest BCUT2D eigenvalue weighted by Crippen LogP contribution is -2.66. The highest BCUT2D eigenvalue weighted by molar-refractivity contribution is 5.76. The number of unbranched alkanes of at least 4 members (excludes halogenated alkanes) is 16. The highest BCUT2D eigenvalue weighted by atomic mass is 16.8. The van der Waals surface area contributed by atoms with Crippen molar-refractivity contribution >= 4 is 5.91 Å². The Morgan fingerprint density at radius 1 is 0.508 bits per heavy atom. The van der Waals surface area contributed by atoms with Crippen LogP contribution in [0.2, 0.25) is 0 Å². The Kier molecular flexibility index (Phi) is 27.6. The highest BCUT2D eigenvalue weighted by Crippen LogP contribution is 2.33. The van der Waals surface area contributed by atoms with Crippen molar-refractivity contribution in [2.45, 2.75) is 247 Å². The molecule has 0 aromatic heterocycles. The fraction of sp³-hybridized carbons (Fsp3) is 0.977. The summed E-state index contributed by atoms with van der Waals surface area (Å²) in [6.45, 7) is 1.68. The third-order valence-electron chi connectivity index (χ3n) is 12.4. The van der Waals surface area contributed by atoms with Gasteiger partial charge >= 0.3 is 0 Å². The molecule has 3 rings (SSSR count). The van der Waals surface area contributed by atoms with E-state index in [2.05, 4.69) is 19.2 Å². The molecule has 3 fully saturated rings. The van der Waals surface area contributed by atoms with Crippen molar-refractivity contribution in [2.24, 2.45) is 0 Å². The molecular formula is C44H83NO18. The van der Waals surface area contributed by atoms with E-state index in [1.807, 2.05) is 0 Å². The molecule has 0 radical (unpaired) electrons. The maximum absolute atomic E-state index is 13.1. The number of hydrogen-bond acceptors (Lipinski definition) is 18. The molecule has 0 bridgehead atoms. The van der Waals surface area contributed by atoms with Gasteiger partial charge in [0.2, 0.25) is 5.91 Å². The number of rotatable bonds is 32. The smallest absolute Gasteiger partial charge is 0.220 e. The SMILES string of the molecule is CCCCCCCCCCCCC(O)C(COC1OC(CO)C(OC2OC(CO)C(OC3OC(CO)C(O)C(O)C3O)C(O)C2O)C(O)C1O)NC(=O)CCCCCCCCCC. The molecule has 3 aliphatic heterocycles.